The van der Waals surface area contributed by atoms with Crippen molar-refractivity contribution in [2.24, 2.45) is 0 Å². The molecule has 0 fully saturated rings. The van der Waals surface area contributed by atoms with E-state index in [9.17, 15) is 8.42 Å². The van der Waals surface area contributed by atoms with Crippen molar-refractivity contribution >= 4 is 33.4 Å². The lowest BCUT2D eigenvalue weighted by Gasteiger charge is -2.08. The predicted octanol–water partition coefficient (Wildman–Crippen LogP) is 1.89. The summed E-state index contributed by atoms with van der Waals surface area (Å²) in [7, 11) is -3.71. The van der Waals surface area contributed by atoms with E-state index in [2.05, 4.69) is 14.7 Å². The summed E-state index contributed by atoms with van der Waals surface area (Å²) >= 11 is 1.42. The zero-order chi connectivity index (χ0) is 14.8. The number of aryl methyl sites for hydroxylation is 1. The van der Waals surface area contributed by atoms with Crippen molar-refractivity contribution in [1.82, 2.24) is 9.97 Å². The van der Waals surface area contributed by atoms with Crippen molar-refractivity contribution in [3.05, 3.63) is 36.0 Å². The third kappa shape index (κ3) is 3.40. The number of nitrogens with zero attached hydrogens (tertiary/aromatic N) is 2. The minimum Gasteiger partial charge on any atom is -0.399 e. The van der Waals surface area contributed by atoms with Crippen LogP contribution in [-0.2, 0) is 10.0 Å². The fraction of sp³-hybridized carbons (Fsp3) is 0.167. The Hall–Kier alpha value is -1.80. The molecule has 106 valence electrons. The lowest BCUT2D eigenvalue weighted by atomic mass is 10.3. The summed E-state index contributed by atoms with van der Waals surface area (Å²) in [4.78, 5) is 8.30. The molecular formula is C12H14N4O2S2. The normalized spacial score (nSPS) is 11.3. The Bertz CT molecular complexity index is 715. The number of nitrogen functional groups attached to an aromatic ring is 1. The summed E-state index contributed by atoms with van der Waals surface area (Å²) in [6, 6.07) is 7.70. The van der Waals surface area contributed by atoms with Crippen molar-refractivity contribution < 1.29 is 8.42 Å². The first kappa shape index (κ1) is 14.6. The van der Waals surface area contributed by atoms with Crippen LogP contribution in [0.15, 0.2) is 40.3 Å². The Balaban J connectivity index is 2.33. The molecule has 0 radical (unpaired) electrons. The van der Waals surface area contributed by atoms with Gasteiger partial charge < -0.3 is 5.73 Å². The molecular weight excluding hydrogens is 296 g/mol. The van der Waals surface area contributed by atoms with Crippen LogP contribution in [0.25, 0.3) is 0 Å². The third-order valence-corrected chi connectivity index (χ3v) is 4.43. The maximum atomic E-state index is 12.2. The number of hydrogen-bond acceptors (Lipinski definition) is 6. The van der Waals surface area contributed by atoms with Crippen LogP contribution in [0.3, 0.4) is 0 Å². The van der Waals surface area contributed by atoms with Gasteiger partial charge in [0, 0.05) is 11.4 Å². The average Bonchev–Trinajstić information content (AvgIpc) is 2.37. The molecule has 0 unspecified atom stereocenters. The van der Waals surface area contributed by atoms with Gasteiger partial charge >= 0.3 is 0 Å². The van der Waals surface area contributed by atoms with Crippen molar-refractivity contribution in [2.75, 3.05) is 16.7 Å². The second kappa shape index (κ2) is 5.68. The van der Waals surface area contributed by atoms with Gasteiger partial charge in [-0.15, -0.1) is 11.8 Å². The minimum absolute atomic E-state index is 0.0613. The summed E-state index contributed by atoms with van der Waals surface area (Å²) in [5.41, 5.74) is 6.73. The fourth-order valence-corrected chi connectivity index (χ4v) is 2.93. The number of nitrogens with two attached hydrogens (primary N) is 1. The number of hydrogen-bond donors (Lipinski definition) is 2. The molecule has 2 aromatic rings. The van der Waals surface area contributed by atoms with Gasteiger partial charge in [0.25, 0.3) is 10.0 Å². The highest BCUT2D eigenvalue weighted by atomic mass is 32.2. The number of thioether (sulfide) groups is 1. The molecule has 0 saturated heterocycles. The van der Waals surface area contributed by atoms with Crippen LogP contribution >= 0.6 is 11.8 Å². The molecule has 0 spiro atoms. The highest BCUT2D eigenvalue weighted by Crippen LogP contribution is 2.18. The van der Waals surface area contributed by atoms with Crippen LogP contribution in [-0.4, -0.2) is 24.6 Å². The molecule has 6 nitrogen and oxygen atoms in total. The molecule has 0 bridgehead atoms. The van der Waals surface area contributed by atoms with Crippen LogP contribution in [0.2, 0.25) is 0 Å². The highest BCUT2D eigenvalue weighted by Gasteiger charge is 2.16. The molecule has 3 N–H and O–H groups in total. The standard InChI is InChI=1S/C12H14N4O2S2/c1-8-7-11(19-2)15-12(14-8)16-20(17,18)10-5-3-9(13)4-6-10/h3-7H,13H2,1-2H3,(H,14,15,16). The van der Waals surface area contributed by atoms with Gasteiger partial charge in [-0.25, -0.2) is 23.1 Å². The van der Waals surface area contributed by atoms with Gasteiger partial charge in [-0.05, 0) is 43.5 Å². The first-order chi connectivity index (χ1) is 9.40. The van der Waals surface area contributed by atoms with E-state index in [1.54, 1.807) is 13.0 Å². The molecule has 1 heterocycles. The summed E-state index contributed by atoms with van der Waals surface area (Å²) in [6.07, 6.45) is 1.86. The fourth-order valence-electron chi connectivity index (χ4n) is 1.52. The molecule has 0 atom stereocenters. The van der Waals surface area contributed by atoms with E-state index in [1.165, 1.54) is 36.0 Å². The van der Waals surface area contributed by atoms with E-state index in [0.29, 0.717) is 16.4 Å². The Morgan fingerprint density at radius 3 is 2.45 bits per heavy atom. The zero-order valence-electron chi connectivity index (χ0n) is 11.0. The molecule has 2 rings (SSSR count). The average molecular weight is 310 g/mol. The first-order valence-electron chi connectivity index (χ1n) is 5.69. The van der Waals surface area contributed by atoms with E-state index >= 15 is 0 Å². The monoisotopic (exact) mass is 310 g/mol. The van der Waals surface area contributed by atoms with Gasteiger partial charge in [-0.1, -0.05) is 0 Å². The van der Waals surface area contributed by atoms with Crippen LogP contribution in [0.4, 0.5) is 11.6 Å². The zero-order valence-corrected chi connectivity index (χ0v) is 12.6. The van der Waals surface area contributed by atoms with Gasteiger partial charge in [-0.2, -0.15) is 0 Å². The number of rotatable bonds is 4. The van der Waals surface area contributed by atoms with Gasteiger partial charge in [0.15, 0.2) is 0 Å². The quantitative estimate of drug-likeness (QED) is 0.508. The Morgan fingerprint density at radius 1 is 1.20 bits per heavy atom. The number of nitrogens with one attached hydrogen (secondary N) is 1. The molecule has 1 aromatic heterocycles. The second-order valence-electron chi connectivity index (χ2n) is 4.05. The molecule has 0 aliphatic carbocycles. The van der Waals surface area contributed by atoms with E-state index in [0.717, 1.165) is 0 Å². The summed E-state index contributed by atoms with van der Waals surface area (Å²) in [5, 5.41) is 0.701. The number of aromatic nitrogens is 2. The molecule has 8 heteroatoms. The Labute approximate surface area is 121 Å². The molecule has 1 aromatic carbocycles. The van der Waals surface area contributed by atoms with Crippen molar-refractivity contribution in [2.45, 2.75) is 16.8 Å². The number of sulfonamides is 1. The third-order valence-electron chi connectivity index (χ3n) is 2.46. The maximum Gasteiger partial charge on any atom is 0.264 e. The van der Waals surface area contributed by atoms with E-state index < -0.39 is 10.0 Å². The van der Waals surface area contributed by atoms with Crippen LogP contribution in [0.1, 0.15) is 5.69 Å². The van der Waals surface area contributed by atoms with E-state index in [-0.39, 0.29) is 10.8 Å². The highest BCUT2D eigenvalue weighted by molar-refractivity contribution is 7.98. The van der Waals surface area contributed by atoms with E-state index in [4.69, 9.17) is 5.73 Å². The van der Waals surface area contributed by atoms with Crippen molar-refractivity contribution in [3.8, 4) is 0 Å². The second-order valence-corrected chi connectivity index (χ2v) is 6.56. The van der Waals surface area contributed by atoms with Gasteiger partial charge in [0.2, 0.25) is 5.95 Å². The molecule has 0 aliphatic rings. The van der Waals surface area contributed by atoms with Crippen LogP contribution in [0, 0.1) is 6.92 Å². The summed E-state index contributed by atoms with van der Waals surface area (Å²) in [5.74, 6) is 0.0613. The van der Waals surface area contributed by atoms with Crippen molar-refractivity contribution in [3.63, 3.8) is 0 Å². The minimum atomic E-state index is -3.71. The lowest BCUT2D eigenvalue weighted by molar-refractivity contribution is 0.600. The first-order valence-corrected chi connectivity index (χ1v) is 8.39. The van der Waals surface area contributed by atoms with E-state index in [1.807, 2.05) is 6.26 Å². The smallest absolute Gasteiger partial charge is 0.264 e. The molecule has 0 amide bonds. The van der Waals surface area contributed by atoms with Crippen LogP contribution in [0.5, 0.6) is 0 Å². The van der Waals surface area contributed by atoms with Gasteiger partial charge in [0.1, 0.15) is 5.03 Å². The van der Waals surface area contributed by atoms with Gasteiger partial charge in [-0.3, -0.25) is 0 Å². The number of anilines is 2. The Morgan fingerprint density at radius 2 is 1.85 bits per heavy atom. The van der Waals surface area contributed by atoms with Crippen LogP contribution < -0.4 is 10.5 Å². The molecule has 20 heavy (non-hydrogen) atoms. The predicted molar refractivity (Wildman–Crippen MR) is 80.2 cm³/mol. The maximum absolute atomic E-state index is 12.2. The van der Waals surface area contributed by atoms with Crippen molar-refractivity contribution in [1.29, 1.82) is 0 Å². The number of benzene rings is 1. The topological polar surface area (TPSA) is 98.0 Å². The SMILES string of the molecule is CSc1cc(C)nc(NS(=O)(=O)c2ccc(N)cc2)n1. The summed E-state index contributed by atoms with van der Waals surface area (Å²) in [6.45, 7) is 1.78. The Kier molecular flexibility index (Phi) is 4.15. The van der Waals surface area contributed by atoms with Gasteiger partial charge in [0.05, 0.1) is 4.90 Å². The lowest BCUT2D eigenvalue weighted by Crippen LogP contribution is -2.15. The molecule has 0 aliphatic heterocycles. The summed E-state index contributed by atoms with van der Waals surface area (Å²) < 4.78 is 26.7. The largest absolute Gasteiger partial charge is 0.399 e. The molecule has 0 saturated carbocycles.